The molecule has 0 aliphatic carbocycles. The lowest BCUT2D eigenvalue weighted by molar-refractivity contribution is -0.117. The second-order valence-electron chi connectivity index (χ2n) is 6.18. The van der Waals surface area contributed by atoms with Crippen molar-refractivity contribution < 1.29 is 4.79 Å². The third-order valence-corrected chi connectivity index (χ3v) is 4.98. The van der Waals surface area contributed by atoms with Crippen molar-refractivity contribution in [3.63, 3.8) is 0 Å². The van der Waals surface area contributed by atoms with Gasteiger partial charge in [-0.05, 0) is 42.8 Å². The quantitative estimate of drug-likeness (QED) is 0.851. The summed E-state index contributed by atoms with van der Waals surface area (Å²) >= 11 is 5.97. The molecule has 1 aliphatic rings. The Labute approximate surface area is 142 Å². The predicted molar refractivity (Wildman–Crippen MR) is 96.0 cm³/mol. The summed E-state index contributed by atoms with van der Waals surface area (Å²) in [5.74, 6) is 0.367. The molecular formula is C19H21ClN2O. The summed E-state index contributed by atoms with van der Waals surface area (Å²) in [6.45, 7) is 5.93. The molecule has 0 fully saturated rings. The Kier molecular flexibility index (Phi) is 4.31. The minimum atomic E-state index is 0.0849. The number of hydrogen-bond donors (Lipinski definition) is 1. The summed E-state index contributed by atoms with van der Waals surface area (Å²) in [6.07, 6.45) is 0. The van der Waals surface area contributed by atoms with E-state index in [1.54, 1.807) is 6.92 Å². The van der Waals surface area contributed by atoms with Gasteiger partial charge in [-0.3, -0.25) is 4.79 Å². The third-order valence-electron chi connectivity index (χ3n) is 4.73. The number of nitrogens with one attached hydrogen (secondary N) is 1. The summed E-state index contributed by atoms with van der Waals surface area (Å²) < 4.78 is 0. The molecule has 1 aliphatic heterocycles. The highest BCUT2D eigenvalue weighted by molar-refractivity contribution is 6.30. The number of amides is 1. The van der Waals surface area contributed by atoms with Crippen LogP contribution in [0.15, 0.2) is 48.5 Å². The average Bonchev–Trinajstić information content (AvgIpc) is 2.53. The number of nitrogens with zero attached hydrogens (tertiary/aromatic N) is 1. The first-order chi connectivity index (χ1) is 11.0. The number of para-hydroxylation sites is 1. The van der Waals surface area contributed by atoms with Crippen LogP contribution in [0, 0.1) is 5.92 Å². The second kappa shape index (κ2) is 6.25. The van der Waals surface area contributed by atoms with Crippen molar-refractivity contribution in [2.45, 2.75) is 32.9 Å². The maximum absolute atomic E-state index is 12.1. The van der Waals surface area contributed by atoms with Gasteiger partial charge in [0.1, 0.15) is 0 Å². The molecule has 3 rings (SSSR count). The van der Waals surface area contributed by atoms with Crippen LogP contribution in [0.25, 0.3) is 0 Å². The molecule has 0 aromatic heterocycles. The summed E-state index contributed by atoms with van der Waals surface area (Å²) in [6, 6.07) is 16.2. The zero-order chi connectivity index (χ0) is 16.6. The first-order valence-corrected chi connectivity index (χ1v) is 8.27. The van der Waals surface area contributed by atoms with Gasteiger partial charge >= 0.3 is 0 Å². The molecule has 0 spiro atoms. The Morgan fingerprint density at radius 3 is 2.39 bits per heavy atom. The van der Waals surface area contributed by atoms with Gasteiger partial charge in [-0.1, -0.05) is 36.7 Å². The molecule has 0 bridgehead atoms. The molecular weight excluding hydrogens is 308 g/mol. The van der Waals surface area contributed by atoms with Crippen LogP contribution in [0.1, 0.15) is 32.4 Å². The predicted octanol–water partition coefficient (Wildman–Crippen LogP) is 4.88. The SMILES string of the molecule is CC(=O)N1c2ccccc2C(Nc2ccc(Cl)cc2)C(C)C1C. The lowest BCUT2D eigenvalue weighted by Crippen LogP contribution is -2.48. The van der Waals surface area contributed by atoms with Gasteiger partial charge in [-0.15, -0.1) is 0 Å². The van der Waals surface area contributed by atoms with Crippen LogP contribution in [-0.4, -0.2) is 11.9 Å². The molecule has 0 radical (unpaired) electrons. The van der Waals surface area contributed by atoms with Gasteiger partial charge < -0.3 is 10.2 Å². The van der Waals surface area contributed by atoms with E-state index in [-0.39, 0.29) is 23.9 Å². The van der Waals surface area contributed by atoms with Crippen molar-refractivity contribution in [2.75, 3.05) is 10.2 Å². The minimum Gasteiger partial charge on any atom is -0.378 e. The molecule has 0 saturated carbocycles. The zero-order valence-corrected chi connectivity index (χ0v) is 14.3. The van der Waals surface area contributed by atoms with Crippen LogP contribution in [0.3, 0.4) is 0 Å². The lowest BCUT2D eigenvalue weighted by Gasteiger charge is -2.44. The van der Waals surface area contributed by atoms with E-state index in [4.69, 9.17) is 11.6 Å². The van der Waals surface area contributed by atoms with E-state index in [0.29, 0.717) is 0 Å². The van der Waals surface area contributed by atoms with Gasteiger partial charge in [-0.25, -0.2) is 0 Å². The Hall–Kier alpha value is -2.00. The minimum absolute atomic E-state index is 0.0849. The van der Waals surface area contributed by atoms with Crippen molar-refractivity contribution >= 4 is 28.9 Å². The number of carbonyl (C=O) groups is 1. The summed E-state index contributed by atoms with van der Waals surface area (Å²) in [7, 11) is 0. The molecule has 3 unspecified atom stereocenters. The molecule has 23 heavy (non-hydrogen) atoms. The van der Waals surface area contributed by atoms with Crippen LogP contribution in [0.2, 0.25) is 5.02 Å². The zero-order valence-electron chi connectivity index (χ0n) is 13.6. The number of fused-ring (bicyclic) bond motifs is 1. The molecule has 120 valence electrons. The van der Waals surface area contributed by atoms with E-state index in [0.717, 1.165) is 22.0 Å². The van der Waals surface area contributed by atoms with E-state index in [9.17, 15) is 4.79 Å². The number of benzene rings is 2. The number of carbonyl (C=O) groups excluding carboxylic acids is 1. The maximum atomic E-state index is 12.1. The topological polar surface area (TPSA) is 32.3 Å². The van der Waals surface area contributed by atoms with E-state index in [2.05, 4.69) is 25.2 Å². The summed E-state index contributed by atoms with van der Waals surface area (Å²) in [4.78, 5) is 14.0. The highest BCUT2D eigenvalue weighted by Gasteiger charge is 2.37. The normalized spacial score (nSPS) is 23.3. The largest absolute Gasteiger partial charge is 0.378 e. The van der Waals surface area contributed by atoms with Crippen LogP contribution in [0.5, 0.6) is 0 Å². The molecule has 3 nitrogen and oxygen atoms in total. The number of rotatable bonds is 2. The molecule has 1 N–H and O–H groups in total. The van der Waals surface area contributed by atoms with E-state index in [1.165, 1.54) is 0 Å². The fourth-order valence-corrected chi connectivity index (χ4v) is 3.50. The number of halogens is 1. The maximum Gasteiger partial charge on any atom is 0.224 e. The van der Waals surface area contributed by atoms with E-state index < -0.39 is 0 Å². The lowest BCUT2D eigenvalue weighted by atomic mass is 9.82. The smallest absolute Gasteiger partial charge is 0.224 e. The van der Waals surface area contributed by atoms with Crippen LogP contribution < -0.4 is 10.2 Å². The van der Waals surface area contributed by atoms with Crippen LogP contribution >= 0.6 is 11.6 Å². The Balaban J connectivity index is 2.01. The van der Waals surface area contributed by atoms with Gasteiger partial charge in [0.05, 0.1) is 6.04 Å². The molecule has 4 heteroatoms. The Morgan fingerprint density at radius 1 is 1.09 bits per heavy atom. The number of anilines is 2. The average molecular weight is 329 g/mol. The van der Waals surface area contributed by atoms with Crippen molar-refractivity contribution in [1.29, 1.82) is 0 Å². The van der Waals surface area contributed by atoms with Crippen LogP contribution in [0.4, 0.5) is 11.4 Å². The molecule has 0 saturated heterocycles. The Morgan fingerprint density at radius 2 is 1.74 bits per heavy atom. The molecule has 1 amide bonds. The van der Waals surface area contributed by atoms with Gasteiger partial charge in [0.15, 0.2) is 0 Å². The number of hydrogen-bond acceptors (Lipinski definition) is 2. The van der Waals surface area contributed by atoms with Gasteiger partial charge in [0.25, 0.3) is 0 Å². The van der Waals surface area contributed by atoms with Crippen molar-refractivity contribution in [2.24, 2.45) is 5.92 Å². The van der Waals surface area contributed by atoms with Gasteiger partial charge in [0, 0.05) is 35.3 Å². The van der Waals surface area contributed by atoms with E-state index >= 15 is 0 Å². The standard InChI is InChI=1S/C19H21ClN2O/c1-12-13(2)22(14(3)23)18-7-5-4-6-17(18)19(12)21-16-10-8-15(20)9-11-16/h4-13,19,21H,1-3H3. The van der Waals surface area contributed by atoms with Crippen LogP contribution in [-0.2, 0) is 4.79 Å². The first-order valence-electron chi connectivity index (χ1n) is 7.90. The first kappa shape index (κ1) is 15.9. The fourth-order valence-electron chi connectivity index (χ4n) is 3.38. The van der Waals surface area contributed by atoms with Gasteiger partial charge in [-0.2, -0.15) is 0 Å². The summed E-state index contributed by atoms with van der Waals surface area (Å²) in [5, 5.41) is 4.33. The second-order valence-corrected chi connectivity index (χ2v) is 6.61. The van der Waals surface area contributed by atoms with Gasteiger partial charge in [0.2, 0.25) is 5.91 Å². The highest BCUT2D eigenvalue weighted by atomic mass is 35.5. The summed E-state index contributed by atoms with van der Waals surface area (Å²) in [5.41, 5.74) is 3.19. The highest BCUT2D eigenvalue weighted by Crippen LogP contribution is 2.42. The van der Waals surface area contributed by atoms with Crippen molar-refractivity contribution in [3.8, 4) is 0 Å². The molecule has 3 atom stereocenters. The third kappa shape index (κ3) is 2.93. The monoisotopic (exact) mass is 328 g/mol. The fraction of sp³-hybridized carbons (Fsp3) is 0.316. The van der Waals surface area contributed by atoms with E-state index in [1.807, 2.05) is 47.4 Å². The van der Waals surface area contributed by atoms with Crippen molar-refractivity contribution in [1.82, 2.24) is 0 Å². The van der Waals surface area contributed by atoms with Crippen molar-refractivity contribution in [3.05, 3.63) is 59.1 Å². The molecule has 2 aromatic rings. The molecule has 1 heterocycles. The Bertz CT molecular complexity index is 714. The molecule has 2 aromatic carbocycles.